The normalized spacial score (nSPS) is 10.3. The summed E-state index contributed by atoms with van der Waals surface area (Å²) in [4.78, 5) is 24.1. The Labute approximate surface area is 118 Å². The molecule has 5 nitrogen and oxygen atoms in total. The van der Waals surface area contributed by atoms with Gasteiger partial charge in [0.15, 0.2) is 0 Å². The summed E-state index contributed by atoms with van der Waals surface area (Å²) in [5, 5.41) is 0. The van der Waals surface area contributed by atoms with E-state index in [0.29, 0.717) is 23.7 Å². The zero-order chi connectivity index (χ0) is 14.4. The Morgan fingerprint density at radius 2 is 2.15 bits per heavy atom. The molecule has 2 heterocycles. The highest BCUT2D eigenvalue weighted by Crippen LogP contribution is 2.07. The van der Waals surface area contributed by atoms with Gasteiger partial charge in [0, 0.05) is 18.6 Å². The van der Waals surface area contributed by atoms with Gasteiger partial charge in [0.1, 0.15) is 5.82 Å². The van der Waals surface area contributed by atoms with E-state index < -0.39 is 0 Å². The molecule has 2 aromatic heterocycles. The van der Waals surface area contributed by atoms with Crippen molar-refractivity contribution in [2.24, 2.45) is 0 Å². The van der Waals surface area contributed by atoms with Crippen molar-refractivity contribution in [3.05, 3.63) is 53.4 Å². The second kappa shape index (κ2) is 6.75. The molecule has 0 saturated carbocycles. The molecular formula is C15H17N3O2. The van der Waals surface area contributed by atoms with Gasteiger partial charge in [0.25, 0.3) is 0 Å². The number of aromatic nitrogens is 3. The zero-order valence-corrected chi connectivity index (χ0v) is 11.7. The number of rotatable bonds is 5. The van der Waals surface area contributed by atoms with Gasteiger partial charge in [0.05, 0.1) is 17.9 Å². The Kier molecular flexibility index (Phi) is 4.76. The second-order valence-corrected chi connectivity index (χ2v) is 4.52. The van der Waals surface area contributed by atoms with Crippen molar-refractivity contribution in [1.82, 2.24) is 15.0 Å². The zero-order valence-electron chi connectivity index (χ0n) is 11.7. The summed E-state index contributed by atoms with van der Waals surface area (Å²) in [6.07, 6.45) is 6.68. The van der Waals surface area contributed by atoms with Gasteiger partial charge < -0.3 is 4.74 Å². The van der Waals surface area contributed by atoms with Crippen molar-refractivity contribution in [3.63, 3.8) is 0 Å². The number of carbonyl (C=O) groups excluding carboxylic acids is 1. The lowest BCUT2D eigenvalue weighted by Gasteiger charge is -2.06. The number of carbonyl (C=O) groups is 1. The van der Waals surface area contributed by atoms with Crippen LogP contribution in [0.4, 0.5) is 0 Å². The summed E-state index contributed by atoms with van der Waals surface area (Å²) in [6, 6.07) is 3.90. The van der Waals surface area contributed by atoms with Gasteiger partial charge in [-0.1, -0.05) is 6.07 Å². The number of pyridine rings is 1. The van der Waals surface area contributed by atoms with Crippen LogP contribution in [0, 0.1) is 13.8 Å². The minimum absolute atomic E-state index is 0.367. The number of hydrogen-bond acceptors (Lipinski definition) is 5. The van der Waals surface area contributed by atoms with E-state index >= 15 is 0 Å². The summed E-state index contributed by atoms with van der Waals surface area (Å²) in [6.45, 7) is 3.94. The van der Waals surface area contributed by atoms with Crippen molar-refractivity contribution in [2.75, 3.05) is 6.61 Å². The third-order valence-corrected chi connectivity index (χ3v) is 2.89. The van der Waals surface area contributed by atoms with Crippen LogP contribution in [0.1, 0.15) is 33.9 Å². The fourth-order valence-corrected chi connectivity index (χ4v) is 1.85. The molecule has 0 atom stereocenters. The lowest BCUT2D eigenvalue weighted by molar-refractivity contribution is 0.0498. The van der Waals surface area contributed by atoms with Crippen LogP contribution >= 0.6 is 0 Å². The number of aryl methyl sites for hydroxylation is 3. The predicted molar refractivity (Wildman–Crippen MR) is 74.3 cm³/mol. The maximum atomic E-state index is 11.9. The SMILES string of the molecule is Cc1ncc(C(=O)OCCCc2cccnc2)c(C)n1. The molecule has 0 fully saturated rings. The number of ether oxygens (including phenoxy) is 1. The molecule has 0 unspecified atom stereocenters. The largest absolute Gasteiger partial charge is 0.462 e. The second-order valence-electron chi connectivity index (χ2n) is 4.52. The first-order chi connectivity index (χ1) is 9.66. The minimum Gasteiger partial charge on any atom is -0.462 e. The Balaban J connectivity index is 1.80. The Morgan fingerprint density at radius 3 is 2.85 bits per heavy atom. The summed E-state index contributed by atoms with van der Waals surface area (Å²) in [7, 11) is 0. The summed E-state index contributed by atoms with van der Waals surface area (Å²) in [5.74, 6) is 0.282. The van der Waals surface area contributed by atoms with Crippen molar-refractivity contribution >= 4 is 5.97 Å². The van der Waals surface area contributed by atoms with Crippen molar-refractivity contribution in [1.29, 1.82) is 0 Å². The average molecular weight is 271 g/mol. The van der Waals surface area contributed by atoms with E-state index in [1.165, 1.54) is 6.20 Å². The Bertz CT molecular complexity index is 585. The molecule has 2 rings (SSSR count). The van der Waals surface area contributed by atoms with Crippen LogP contribution in [0.15, 0.2) is 30.7 Å². The standard InChI is InChI=1S/C15H17N3O2/c1-11-14(10-17-12(2)18-11)15(19)20-8-4-6-13-5-3-7-16-9-13/h3,5,7,9-10H,4,6,8H2,1-2H3. The molecule has 0 aliphatic rings. The third kappa shape index (κ3) is 3.85. The van der Waals surface area contributed by atoms with Crippen LogP contribution < -0.4 is 0 Å². The lowest BCUT2D eigenvalue weighted by Crippen LogP contribution is -2.11. The van der Waals surface area contributed by atoms with Gasteiger partial charge in [0.2, 0.25) is 0 Å². The summed E-state index contributed by atoms with van der Waals surface area (Å²) in [5.41, 5.74) is 2.21. The van der Waals surface area contributed by atoms with Crippen LogP contribution in [0.3, 0.4) is 0 Å². The van der Waals surface area contributed by atoms with E-state index in [2.05, 4.69) is 15.0 Å². The highest BCUT2D eigenvalue weighted by molar-refractivity contribution is 5.90. The molecule has 0 N–H and O–H groups in total. The summed E-state index contributed by atoms with van der Waals surface area (Å²) < 4.78 is 5.23. The molecule has 0 aliphatic carbocycles. The van der Waals surface area contributed by atoms with Crippen LogP contribution in [-0.2, 0) is 11.2 Å². The molecule has 0 amide bonds. The molecule has 2 aromatic rings. The fourth-order valence-electron chi connectivity index (χ4n) is 1.85. The van der Waals surface area contributed by atoms with Gasteiger partial charge in [-0.3, -0.25) is 4.98 Å². The maximum absolute atomic E-state index is 11.9. The van der Waals surface area contributed by atoms with Crippen molar-refractivity contribution in [2.45, 2.75) is 26.7 Å². The minimum atomic E-state index is -0.367. The molecule has 0 radical (unpaired) electrons. The van der Waals surface area contributed by atoms with Gasteiger partial charge >= 0.3 is 5.97 Å². The molecule has 20 heavy (non-hydrogen) atoms. The van der Waals surface area contributed by atoms with E-state index in [-0.39, 0.29) is 5.97 Å². The van der Waals surface area contributed by atoms with Gasteiger partial charge in [-0.15, -0.1) is 0 Å². The first-order valence-corrected chi connectivity index (χ1v) is 6.53. The van der Waals surface area contributed by atoms with Crippen molar-refractivity contribution < 1.29 is 9.53 Å². The number of esters is 1. The first kappa shape index (κ1) is 14.1. The van der Waals surface area contributed by atoms with E-state index in [0.717, 1.165) is 18.4 Å². The Hall–Kier alpha value is -2.30. The molecule has 104 valence electrons. The molecule has 0 aliphatic heterocycles. The lowest BCUT2D eigenvalue weighted by atomic mass is 10.2. The highest BCUT2D eigenvalue weighted by Gasteiger charge is 2.12. The van der Waals surface area contributed by atoms with Crippen LogP contribution in [0.25, 0.3) is 0 Å². The molecule has 0 saturated heterocycles. The average Bonchev–Trinajstić information content (AvgIpc) is 2.44. The summed E-state index contributed by atoms with van der Waals surface area (Å²) >= 11 is 0. The number of nitrogens with zero attached hydrogens (tertiary/aromatic N) is 3. The van der Waals surface area contributed by atoms with Crippen LogP contribution in [0.5, 0.6) is 0 Å². The van der Waals surface area contributed by atoms with E-state index in [4.69, 9.17) is 4.74 Å². The van der Waals surface area contributed by atoms with Crippen molar-refractivity contribution in [3.8, 4) is 0 Å². The quantitative estimate of drug-likeness (QED) is 0.616. The van der Waals surface area contributed by atoms with Gasteiger partial charge in [-0.25, -0.2) is 14.8 Å². The first-order valence-electron chi connectivity index (χ1n) is 6.53. The van der Waals surface area contributed by atoms with E-state index in [1.54, 1.807) is 20.0 Å². The number of hydrogen-bond donors (Lipinski definition) is 0. The smallest absolute Gasteiger partial charge is 0.341 e. The third-order valence-electron chi connectivity index (χ3n) is 2.89. The van der Waals surface area contributed by atoms with E-state index in [9.17, 15) is 4.79 Å². The predicted octanol–water partition coefficient (Wildman–Crippen LogP) is 2.28. The Morgan fingerprint density at radius 1 is 1.30 bits per heavy atom. The maximum Gasteiger partial charge on any atom is 0.341 e. The highest BCUT2D eigenvalue weighted by atomic mass is 16.5. The van der Waals surface area contributed by atoms with Crippen LogP contribution in [0.2, 0.25) is 0 Å². The fraction of sp³-hybridized carbons (Fsp3) is 0.333. The molecule has 0 bridgehead atoms. The molecule has 5 heteroatoms. The monoisotopic (exact) mass is 271 g/mol. The molecule has 0 spiro atoms. The topological polar surface area (TPSA) is 65.0 Å². The van der Waals surface area contributed by atoms with Gasteiger partial charge in [-0.2, -0.15) is 0 Å². The molecular weight excluding hydrogens is 254 g/mol. The van der Waals surface area contributed by atoms with E-state index in [1.807, 2.05) is 18.3 Å². The van der Waals surface area contributed by atoms with Crippen LogP contribution in [-0.4, -0.2) is 27.5 Å². The van der Waals surface area contributed by atoms with Gasteiger partial charge in [-0.05, 0) is 38.3 Å². The molecule has 0 aromatic carbocycles.